The zero-order valence-electron chi connectivity index (χ0n) is 12.8. The number of hydrogen-bond acceptors (Lipinski definition) is 3. The highest BCUT2D eigenvalue weighted by molar-refractivity contribution is 5.98. The van der Waals surface area contributed by atoms with Crippen LogP contribution in [0.5, 0.6) is 0 Å². The van der Waals surface area contributed by atoms with Gasteiger partial charge in [-0.1, -0.05) is 19.4 Å². The molecule has 0 heterocycles. The largest absolute Gasteiger partial charge is 0.338 e. The zero-order valence-corrected chi connectivity index (χ0v) is 12.8. The molecule has 0 bridgehead atoms. The van der Waals surface area contributed by atoms with Gasteiger partial charge in [0.1, 0.15) is 0 Å². The first-order valence-electron chi connectivity index (χ1n) is 7.14. The summed E-state index contributed by atoms with van der Waals surface area (Å²) in [5.41, 5.74) is 6.28. The Morgan fingerprint density at radius 1 is 1.19 bits per heavy atom. The smallest absolute Gasteiger partial charge is 0.319 e. The Labute approximate surface area is 125 Å². The molecule has 0 saturated heterocycles. The fourth-order valence-corrected chi connectivity index (χ4v) is 1.92. The Hall–Kier alpha value is -2.08. The summed E-state index contributed by atoms with van der Waals surface area (Å²) in [4.78, 5) is 23.6. The Kier molecular flexibility index (Phi) is 6.17. The van der Waals surface area contributed by atoms with Gasteiger partial charge in [0.2, 0.25) is 5.91 Å². The van der Waals surface area contributed by atoms with E-state index in [1.165, 1.54) is 0 Å². The predicted octanol–water partition coefficient (Wildman–Crippen LogP) is 2.28. The van der Waals surface area contributed by atoms with Crippen molar-refractivity contribution >= 4 is 23.3 Å². The van der Waals surface area contributed by atoms with Crippen LogP contribution < -0.4 is 21.7 Å². The standard InChI is InChI=1S/C15H24N4O2/c1-4-9-15(3,16)13(20)18-11-7-6-8-12(10-11)19-14(21)17-5-2/h6-8,10H,4-5,9,16H2,1-3H3,(H,18,20)(H2,17,19,21). The number of carbonyl (C=O) groups excluding carboxylic acids is 2. The second-order valence-corrected chi connectivity index (χ2v) is 5.19. The molecule has 1 unspecified atom stereocenters. The van der Waals surface area contributed by atoms with Crippen molar-refractivity contribution < 1.29 is 9.59 Å². The summed E-state index contributed by atoms with van der Waals surface area (Å²) in [5, 5.41) is 8.10. The highest BCUT2D eigenvalue weighted by Gasteiger charge is 2.27. The van der Waals surface area contributed by atoms with Crippen molar-refractivity contribution in [1.29, 1.82) is 0 Å². The van der Waals surface area contributed by atoms with Gasteiger partial charge in [-0.05, 0) is 38.5 Å². The van der Waals surface area contributed by atoms with E-state index in [1.807, 2.05) is 13.8 Å². The number of rotatable bonds is 6. The molecule has 0 radical (unpaired) electrons. The fraction of sp³-hybridized carbons (Fsp3) is 0.467. The first-order chi connectivity index (χ1) is 9.89. The predicted molar refractivity (Wildman–Crippen MR) is 85.3 cm³/mol. The molecule has 6 nitrogen and oxygen atoms in total. The summed E-state index contributed by atoms with van der Waals surface area (Å²) in [6.45, 7) is 6.08. The van der Waals surface area contributed by atoms with Gasteiger partial charge in [0, 0.05) is 17.9 Å². The average Bonchev–Trinajstić information content (AvgIpc) is 2.39. The maximum absolute atomic E-state index is 12.1. The van der Waals surface area contributed by atoms with Crippen LogP contribution in [0.3, 0.4) is 0 Å². The molecule has 0 aliphatic heterocycles. The fourth-order valence-electron chi connectivity index (χ4n) is 1.92. The summed E-state index contributed by atoms with van der Waals surface area (Å²) in [6, 6.07) is 6.66. The molecule has 1 atom stereocenters. The molecule has 6 heteroatoms. The van der Waals surface area contributed by atoms with E-state index in [0.29, 0.717) is 24.3 Å². The van der Waals surface area contributed by atoms with Gasteiger partial charge in [-0.15, -0.1) is 0 Å². The lowest BCUT2D eigenvalue weighted by atomic mass is 9.96. The molecule has 1 rings (SSSR count). The van der Waals surface area contributed by atoms with Crippen LogP contribution in [0.25, 0.3) is 0 Å². The molecule has 5 N–H and O–H groups in total. The van der Waals surface area contributed by atoms with Crippen LogP contribution >= 0.6 is 0 Å². The summed E-state index contributed by atoms with van der Waals surface area (Å²) in [6.07, 6.45) is 1.44. The van der Waals surface area contributed by atoms with E-state index in [9.17, 15) is 9.59 Å². The van der Waals surface area contributed by atoms with Gasteiger partial charge in [-0.2, -0.15) is 0 Å². The minimum absolute atomic E-state index is 0.237. The molecule has 0 aliphatic rings. The molecule has 3 amide bonds. The lowest BCUT2D eigenvalue weighted by Crippen LogP contribution is -2.48. The molecule has 0 aromatic heterocycles. The third-order valence-corrected chi connectivity index (χ3v) is 3.00. The first kappa shape index (κ1) is 17.0. The number of hydrogen-bond donors (Lipinski definition) is 4. The zero-order chi connectivity index (χ0) is 15.9. The first-order valence-corrected chi connectivity index (χ1v) is 7.14. The molecule has 116 valence electrons. The number of urea groups is 1. The number of carbonyl (C=O) groups is 2. The Morgan fingerprint density at radius 3 is 2.38 bits per heavy atom. The molecule has 21 heavy (non-hydrogen) atoms. The van der Waals surface area contributed by atoms with E-state index in [0.717, 1.165) is 6.42 Å². The third-order valence-electron chi connectivity index (χ3n) is 3.00. The Balaban J connectivity index is 2.72. The lowest BCUT2D eigenvalue weighted by Gasteiger charge is -2.23. The molecule has 1 aromatic rings. The van der Waals surface area contributed by atoms with Gasteiger partial charge in [-0.3, -0.25) is 4.79 Å². The van der Waals surface area contributed by atoms with Crippen LogP contribution in [0.15, 0.2) is 24.3 Å². The van der Waals surface area contributed by atoms with E-state index in [1.54, 1.807) is 31.2 Å². The highest BCUT2D eigenvalue weighted by atomic mass is 16.2. The number of benzene rings is 1. The second-order valence-electron chi connectivity index (χ2n) is 5.19. The number of nitrogens with one attached hydrogen (secondary N) is 3. The molecule has 0 fully saturated rings. The van der Waals surface area contributed by atoms with Crippen molar-refractivity contribution in [2.24, 2.45) is 5.73 Å². The molecule has 0 aliphatic carbocycles. The van der Waals surface area contributed by atoms with Crippen molar-refractivity contribution in [3.63, 3.8) is 0 Å². The maximum Gasteiger partial charge on any atom is 0.319 e. The minimum atomic E-state index is -0.905. The van der Waals surface area contributed by atoms with Gasteiger partial charge in [0.25, 0.3) is 0 Å². The van der Waals surface area contributed by atoms with E-state index in [2.05, 4.69) is 16.0 Å². The lowest BCUT2D eigenvalue weighted by molar-refractivity contribution is -0.120. The van der Waals surface area contributed by atoms with Crippen LogP contribution in [0.1, 0.15) is 33.6 Å². The molecule has 0 saturated carbocycles. The van der Waals surface area contributed by atoms with Gasteiger partial charge in [0.15, 0.2) is 0 Å². The molecule has 0 spiro atoms. The van der Waals surface area contributed by atoms with E-state index in [-0.39, 0.29) is 11.9 Å². The van der Waals surface area contributed by atoms with Crippen molar-refractivity contribution in [1.82, 2.24) is 5.32 Å². The molecular weight excluding hydrogens is 268 g/mol. The summed E-state index contributed by atoms with van der Waals surface area (Å²) in [7, 11) is 0. The van der Waals surface area contributed by atoms with E-state index >= 15 is 0 Å². The normalized spacial score (nSPS) is 13.1. The summed E-state index contributed by atoms with van der Waals surface area (Å²) < 4.78 is 0. The summed E-state index contributed by atoms with van der Waals surface area (Å²) in [5.74, 6) is -0.237. The minimum Gasteiger partial charge on any atom is -0.338 e. The second kappa shape index (κ2) is 7.64. The van der Waals surface area contributed by atoms with Crippen molar-refractivity contribution in [2.45, 2.75) is 39.2 Å². The SMILES string of the molecule is CCCC(C)(N)C(=O)Nc1cccc(NC(=O)NCC)c1. The van der Waals surface area contributed by atoms with Crippen molar-refractivity contribution in [2.75, 3.05) is 17.2 Å². The van der Waals surface area contributed by atoms with E-state index < -0.39 is 5.54 Å². The van der Waals surface area contributed by atoms with Gasteiger partial charge < -0.3 is 21.7 Å². The van der Waals surface area contributed by atoms with Crippen LogP contribution in [-0.2, 0) is 4.79 Å². The summed E-state index contributed by atoms with van der Waals surface area (Å²) >= 11 is 0. The molecular formula is C15H24N4O2. The Morgan fingerprint density at radius 2 is 1.81 bits per heavy atom. The topological polar surface area (TPSA) is 96.2 Å². The highest BCUT2D eigenvalue weighted by Crippen LogP contribution is 2.17. The average molecular weight is 292 g/mol. The van der Waals surface area contributed by atoms with Crippen LogP contribution in [0, 0.1) is 0 Å². The number of amides is 3. The maximum atomic E-state index is 12.1. The van der Waals surface area contributed by atoms with Crippen LogP contribution in [0.4, 0.5) is 16.2 Å². The van der Waals surface area contributed by atoms with Gasteiger partial charge >= 0.3 is 6.03 Å². The van der Waals surface area contributed by atoms with Crippen LogP contribution in [-0.4, -0.2) is 24.0 Å². The van der Waals surface area contributed by atoms with Crippen molar-refractivity contribution in [3.8, 4) is 0 Å². The monoisotopic (exact) mass is 292 g/mol. The van der Waals surface area contributed by atoms with Crippen LogP contribution in [0.2, 0.25) is 0 Å². The van der Waals surface area contributed by atoms with Gasteiger partial charge in [0.05, 0.1) is 5.54 Å². The Bertz CT molecular complexity index is 500. The van der Waals surface area contributed by atoms with Crippen molar-refractivity contribution in [3.05, 3.63) is 24.3 Å². The van der Waals surface area contributed by atoms with Gasteiger partial charge in [-0.25, -0.2) is 4.79 Å². The number of nitrogens with two attached hydrogens (primary N) is 1. The molecule has 1 aromatic carbocycles. The number of anilines is 2. The third kappa shape index (κ3) is 5.43. The quantitative estimate of drug-likeness (QED) is 0.647. The van der Waals surface area contributed by atoms with E-state index in [4.69, 9.17) is 5.73 Å².